The van der Waals surface area contributed by atoms with E-state index in [1.165, 1.54) is 23.9 Å². The van der Waals surface area contributed by atoms with Crippen LogP contribution in [-0.4, -0.2) is 42.0 Å². The molecule has 2 heterocycles. The van der Waals surface area contributed by atoms with E-state index in [9.17, 15) is 4.79 Å². The largest absolute Gasteiger partial charge is 0.477 e. The molecule has 1 aromatic heterocycles. The predicted molar refractivity (Wildman–Crippen MR) is 114 cm³/mol. The van der Waals surface area contributed by atoms with Gasteiger partial charge < -0.3 is 9.84 Å². The van der Waals surface area contributed by atoms with Crippen molar-refractivity contribution in [2.45, 2.75) is 63.9 Å². The van der Waals surface area contributed by atoms with Crippen LogP contribution in [0, 0.1) is 5.92 Å². The molecule has 154 valence electrons. The van der Waals surface area contributed by atoms with Gasteiger partial charge in [-0.25, -0.2) is 14.8 Å². The number of nitrogens with zero attached hydrogens (tertiary/aromatic N) is 3. The van der Waals surface area contributed by atoms with Crippen LogP contribution in [0.15, 0.2) is 27.8 Å². The van der Waals surface area contributed by atoms with Gasteiger partial charge in [0.15, 0.2) is 11.0 Å². The standard InChI is InChI=1S/C22H27N3O3S/c1-21(2)10-15(28-5)22(3,4)17-18(21)29-20(24-17)25(12-13-6-7-13)16-9-8-14(11-23-16)19(26)27/h11,13,15H,6-7,10,12H2,1-5H3,(H,26,27). The minimum Gasteiger partial charge on any atom is -0.477 e. The summed E-state index contributed by atoms with van der Waals surface area (Å²) in [5, 5.41) is 10.0. The number of aliphatic imine (C=N–C) groups is 1. The van der Waals surface area contributed by atoms with Crippen LogP contribution >= 0.6 is 11.3 Å². The molecule has 2 aliphatic carbocycles. The Morgan fingerprint density at radius 1 is 1.34 bits per heavy atom. The smallest absolute Gasteiger partial charge is 0.345 e. The van der Waals surface area contributed by atoms with E-state index in [0.29, 0.717) is 11.7 Å². The first-order valence-corrected chi connectivity index (χ1v) is 10.8. The molecule has 0 aromatic carbocycles. The van der Waals surface area contributed by atoms with Crippen molar-refractivity contribution in [2.24, 2.45) is 10.9 Å². The van der Waals surface area contributed by atoms with Gasteiger partial charge in [0.1, 0.15) is 5.57 Å². The summed E-state index contributed by atoms with van der Waals surface area (Å²) in [7, 11) is 1.78. The van der Waals surface area contributed by atoms with E-state index in [2.05, 4.69) is 49.0 Å². The van der Waals surface area contributed by atoms with Gasteiger partial charge in [0.2, 0.25) is 0 Å². The summed E-state index contributed by atoms with van der Waals surface area (Å²) < 4.78 is 5.84. The Kier molecular flexibility index (Phi) is 4.83. The molecule has 0 amide bonds. The molecule has 1 fully saturated rings. The lowest BCUT2D eigenvalue weighted by Gasteiger charge is -2.43. The lowest BCUT2D eigenvalue weighted by molar-refractivity contribution is -0.131. The lowest BCUT2D eigenvalue weighted by Crippen LogP contribution is -2.45. The molecule has 4 rings (SSSR count). The van der Waals surface area contributed by atoms with Gasteiger partial charge in [-0.2, -0.15) is 0 Å². The maximum Gasteiger partial charge on any atom is 0.345 e. The molecular formula is C22H27N3O3S. The number of fused-ring (bicyclic) bond motifs is 1. The van der Waals surface area contributed by atoms with Crippen molar-refractivity contribution < 1.29 is 14.6 Å². The van der Waals surface area contributed by atoms with Gasteiger partial charge in [0.05, 0.1) is 18.0 Å². The second-order valence-electron chi connectivity index (χ2n) is 9.31. The second-order valence-corrected chi connectivity index (χ2v) is 10.3. The van der Waals surface area contributed by atoms with E-state index in [1.54, 1.807) is 18.4 Å². The minimum absolute atomic E-state index is 0.0174. The fraction of sp³-hybridized carbons (Fsp3) is 0.591. The van der Waals surface area contributed by atoms with E-state index < -0.39 is 5.97 Å². The first-order valence-electron chi connectivity index (χ1n) is 9.99. The summed E-state index contributed by atoms with van der Waals surface area (Å²) in [5.74, 6) is 0.137. The minimum atomic E-state index is -1.05. The summed E-state index contributed by atoms with van der Waals surface area (Å²) in [6.07, 6.45) is 4.78. The Labute approximate surface area is 175 Å². The summed E-state index contributed by atoms with van der Waals surface area (Å²) in [6.45, 7) is 9.71. The normalized spacial score (nSPS) is 24.0. The van der Waals surface area contributed by atoms with Crippen LogP contribution in [0.5, 0.6) is 0 Å². The van der Waals surface area contributed by atoms with Crippen LogP contribution < -0.4 is 4.90 Å². The van der Waals surface area contributed by atoms with Crippen molar-refractivity contribution in [3.63, 3.8) is 0 Å². The Hall–Kier alpha value is -2.17. The highest BCUT2D eigenvalue weighted by atomic mass is 32.1. The molecule has 1 atom stereocenters. The van der Waals surface area contributed by atoms with Crippen LogP contribution in [-0.2, 0) is 20.4 Å². The zero-order chi connectivity index (χ0) is 21.0. The molecule has 1 aromatic rings. The second kappa shape index (κ2) is 6.96. The van der Waals surface area contributed by atoms with E-state index in [0.717, 1.165) is 23.8 Å². The fourth-order valence-electron chi connectivity index (χ4n) is 4.03. The Balaban J connectivity index is 1.80. The molecule has 1 N–H and O–H groups in total. The monoisotopic (exact) mass is 413 g/mol. The quantitative estimate of drug-likeness (QED) is 0.713. The van der Waals surface area contributed by atoms with E-state index in [1.807, 2.05) is 0 Å². The van der Waals surface area contributed by atoms with Gasteiger partial charge in [-0.1, -0.05) is 27.7 Å². The van der Waals surface area contributed by atoms with Crippen LogP contribution in [0.1, 0.15) is 57.5 Å². The van der Waals surface area contributed by atoms with Gasteiger partial charge in [0, 0.05) is 29.4 Å². The third-order valence-corrected chi connectivity index (χ3v) is 7.55. The first kappa shape index (κ1) is 20.1. The summed E-state index contributed by atoms with van der Waals surface area (Å²) in [5.41, 5.74) is 6.56. The number of methoxy groups -OCH3 is 1. The molecule has 7 heteroatoms. The topological polar surface area (TPSA) is 75.0 Å². The molecular weight excluding hydrogens is 386 g/mol. The van der Waals surface area contributed by atoms with Crippen molar-refractivity contribution >= 4 is 28.7 Å². The highest BCUT2D eigenvalue weighted by Gasteiger charge is 2.48. The average molecular weight is 414 g/mol. The highest BCUT2D eigenvalue weighted by molar-refractivity contribution is 7.16. The van der Waals surface area contributed by atoms with Gasteiger partial charge in [0.25, 0.3) is 0 Å². The van der Waals surface area contributed by atoms with Crippen molar-refractivity contribution in [3.8, 4) is 0 Å². The molecule has 1 saturated carbocycles. The first-order chi connectivity index (χ1) is 13.6. The third-order valence-electron chi connectivity index (χ3n) is 6.11. The number of hydrogen-bond donors (Lipinski definition) is 1. The zero-order valence-corrected chi connectivity index (χ0v) is 18.4. The number of aliphatic carboxylic acids is 1. The number of aromatic nitrogens is 1. The van der Waals surface area contributed by atoms with Crippen LogP contribution in [0.2, 0.25) is 0 Å². The van der Waals surface area contributed by atoms with Gasteiger partial charge in [-0.3, -0.25) is 4.90 Å². The summed E-state index contributed by atoms with van der Waals surface area (Å²) in [4.78, 5) is 24.0. The molecule has 0 radical (unpaired) electrons. The highest BCUT2D eigenvalue weighted by Crippen LogP contribution is 2.51. The van der Waals surface area contributed by atoms with Crippen LogP contribution in [0.4, 0.5) is 5.13 Å². The third kappa shape index (κ3) is 3.60. The van der Waals surface area contributed by atoms with Crippen LogP contribution in [0.3, 0.4) is 0 Å². The molecule has 1 aliphatic heterocycles. The van der Waals surface area contributed by atoms with Gasteiger partial charge in [-0.15, -0.1) is 11.3 Å². The number of carboxylic acid groups (broad SMARTS) is 1. The molecule has 1 unspecified atom stereocenters. The Morgan fingerprint density at radius 3 is 2.62 bits per heavy atom. The summed E-state index contributed by atoms with van der Waals surface area (Å²) in [6, 6.07) is 0. The molecule has 3 aliphatic rings. The maximum atomic E-state index is 11.1. The molecule has 0 spiro atoms. The molecule has 6 nitrogen and oxygen atoms in total. The number of carbonyl (C=O) groups is 1. The van der Waals surface area contributed by atoms with Crippen molar-refractivity contribution in [1.82, 2.24) is 4.98 Å². The van der Waals surface area contributed by atoms with Gasteiger partial charge >= 0.3 is 5.97 Å². The number of rotatable bonds is 6. The van der Waals surface area contributed by atoms with E-state index >= 15 is 0 Å². The molecule has 0 bridgehead atoms. The molecule has 29 heavy (non-hydrogen) atoms. The van der Waals surface area contributed by atoms with E-state index in [4.69, 9.17) is 14.8 Å². The van der Waals surface area contributed by atoms with Crippen LogP contribution in [0.25, 0.3) is 0 Å². The van der Waals surface area contributed by atoms with E-state index in [-0.39, 0.29) is 22.5 Å². The van der Waals surface area contributed by atoms with Crippen molar-refractivity contribution in [3.05, 3.63) is 33.4 Å². The summed E-state index contributed by atoms with van der Waals surface area (Å²) >= 11 is 1.71. The zero-order valence-electron chi connectivity index (χ0n) is 17.6. The fourth-order valence-corrected chi connectivity index (χ4v) is 5.39. The molecule has 0 saturated heterocycles. The Morgan fingerprint density at radius 2 is 2.07 bits per heavy atom. The number of anilines is 1. The van der Waals surface area contributed by atoms with Crippen molar-refractivity contribution in [1.29, 1.82) is 0 Å². The lowest BCUT2D eigenvalue weighted by atomic mass is 9.67. The number of ether oxygens (including phenoxy) is 1. The number of thiazole rings is 1. The average Bonchev–Trinajstić information content (AvgIpc) is 3.37. The number of carboxylic acids is 1. The van der Waals surface area contributed by atoms with Crippen molar-refractivity contribution in [2.75, 3.05) is 18.6 Å². The number of hydrogen-bond acceptors (Lipinski definition) is 6. The Bertz CT molecular complexity index is 987. The van der Waals surface area contributed by atoms with Gasteiger partial charge in [-0.05, 0) is 36.6 Å². The predicted octanol–water partition coefficient (Wildman–Crippen LogP) is 4.02. The SMILES string of the molecule is COC1CC(C)(C)c2sc(N(CC3CC3)C3=C=C=C(C(=O)O)C=N3)nc2C1(C)C. The maximum absolute atomic E-state index is 11.1.